The number of hydrogen-bond donors (Lipinski definition) is 0. The van der Waals surface area contributed by atoms with E-state index in [9.17, 15) is 4.79 Å². The number of piperidine rings is 3. The van der Waals surface area contributed by atoms with E-state index < -0.39 is 0 Å². The van der Waals surface area contributed by atoms with Gasteiger partial charge in [-0.05, 0) is 56.0 Å². The molecule has 4 nitrogen and oxygen atoms in total. The van der Waals surface area contributed by atoms with E-state index in [-0.39, 0.29) is 11.8 Å². The van der Waals surface area contributed by atoms with Gasteiger partial charge in [0.2, 0.25) is 0 Å². The summed E-state index contributed by atoms with van der Waals surface area (Å²) in [6, 6.07) is 7.83. The van der Waals surface area contributed by atoms with Crippen LogP contribution in [0.2, 0.25) is 0 Å². The molecule has 2 bridgehead atoms. The van der Waals surface area contributed by atoms with E-state index in [0.717, 1.165) is 41.6 Å². The van der Waals surface area contributed by atoms with Gasteiger partial charge in [-0.3, -0.25) is 14.7 Å². The van der Waals surface area contributed by atoms with Gasteiger partial charge in [0, 0.05) is 23.2 Å². The third kappa shape index (κ3) is 2.42. The Morgan fingerprint density at radius 2 is 2.25 bits per heavy atom. The van der Waals surface area contributed by atoms with Crippen LogP contribution in [0.4, 0.5) is 0 Å². The molecule has 3 aliphatic heterocycles. The van der Waals surface area contributed by atoms with Crippen molar-refractivity contribution in [3.05, 3.63) is 48.7 Å². The summed E-state index contributed by atoms with van der Waals surface area (Å²) < 4.78 is 5.32. The van der Waals surface area contributed by atoms with E-state index in [1.165, 1.54) is 6.42 Å². The average Bonchev–Trinajstić information content (AvgIpc) is 2.66. The van der Waals surface area contributed by atoms with Crippen molar-refractivity contribution in [2.24, 2.45) is 5.92 Å². The second kappa shape index (κ2) is 6.02. The van der Waals surface area contributed by atoms with Crippen molar-refractivity contribution in [3.8, 4) is 5.75 Å². The van der Waals surface area contributed by atoms with Gasteiger partial charge in [-0.15, -0.1) is 6.58 Å². The molecule has 0 N–H and O–H groups in total. The van der Waals surface area contributed by atoms with Crippen molar-refractivity contribution in [2.45, 2.75) is 31.3 Å². The first-order valence-electron chi connectivity index (χ1n) is 8.56. The molecule has 0 amide bonds. The molecule has 5 rings (SSSR count). The van der Waals surface area contributed by atoms with Crippen molar-refractivity contribution in [1.82, 2.24) is 9.88 Å². The molecule has 3 aliphatic rings. The second-order valence-electron chi connectivity index (χ2n) is 6.79. The molecule has 0 radical (unpaired) electrons. The second-order valence-corrected chi connectivity index (χ2v) is 6.79. The van der Waals surface area contributed by atoms with Gasteiger partial charge in [-0.1, -0.05) is 6.08 Å². The number of benzene rings is 1. The number of hydrogen-bond acceptors (Lipinski definition) is 4. The molecule has 1 unspecified atom stereocenters. The predicted molar refractivity (Wildman–Crippen MR) is 94.4 cm³/mol. The molecule has 4 heterocycles. The fourth-order valence-corrected chi connectivity index (χ4v) is 4.28. The van der Waals surface area contributed by atoms with Crippen LogP contribution in [0.1, 0.15) is 29.6 Å². The number of ketones is 1. The number of fused-ring (bicyclic) bond motifs is 4. The Morgan fingerprint density at radius 3 is 3.00 bits per heavy atom. The molecule has 4 atom stereocenters. The zero-order valence-electron chi connectivity index (χ0n) is 13.9. The molecule has 4 heteroatoms. The number of nitrogens with zero attached hydrogens (tertiary/aromatic N) is 2. The van der Waals surface area contributed by atoms with Crippen LogP contribution in [0.15, 0.2) is 43.1 Å². The molecule has 0 aliphatic carbocycles. The normalized spacial score (nSPS) is 28.7. The molecule has 124 valence electrons. The van der Waals surface area contributed by atoms with E-state index in [2.05, 4.69) is 16.5 Å². The number of rotatable bonds is 4. The summed E-state index contributed by atoms with van der Waals surface area (Å²) in [6.07, 6.45) is 7.01. The maximum atomic E-state index is 13.3. The molecule has 1 aromatic heterocycles. The zero-order valence-corrected chi connectivity index (χ0v) is 13.9. The SMILES string of the molecule is C=C[C@H]1C[C@H]2CCN1[C@@H](C(=O)c1ccnc3ccc(OC)cc13)C2. The van der Waals surface area contributed by atoms with Crippen LogP contribution in [-0.2, 0) is 0 Å². The summed E-state index contributed by atoms with van der Waals surface area (Å²) in [5, 5.41) is 0.875. The topological polar surface area (TPSA) is 42.4 Å². The van der Waals surface area contributed by atoms with Gasteiger partial charge < -0.3 is 4.74 Å². The highest BCUT2D eigenvalue weighted by Crippen LogP contribution is 2.38. The Bertz CT molecular complexity index is 801. The molecule has 3 fully saturated rings. The molecule has 2 aromatic rings. The number of Topliss-reactive ketones (excluding diaryl/α,β-unsaturated/α-hetero) is 1. The number of carbonyl (C=O) groups is 1. The van der Waals surface area contributed by atoms with E-state index >= 15 is 0 Å². The lowest BCUT2D eigenvalue weighted by Crippen LogP contribution is -2.56. The molecule has 0 spiro atoms. The minimum absolute atomic E-state index is 0.0442. The van der Waals surface area contributed by atoms with E-state index in [1.807, 2.05) is 30.3 Å². The lowest BCUT2D eigenvalue weighted by atomic mass is 9.76. The average molecular weight is 322 g/mol. The Labute approximate surface area is 142 Å². The van der Waals surface area contributed by atoms with Crippen molar-refractivity contribution < 1.29 is 9.53 Å². The molecule has 0 saturated carbocycles. The Morgan fingerprint density at radius 1 is 1.38 bits per heavy atom. The van der Waals surface area contributed by atoms with Crippen molar-refractivity contribution >= 4 is 16.7 Å². The Balaban J connectivity index is 1.74. The summed E-state index contributed by atoms with van der Waals surface area (Å²) in [7, 11) is 1.64. The van der Waals surface area contributed by atoms with Crippen LogP contribution in [0.3, 0.4) is 0 Å². The molecule has 24 heavy (non-hydrogen) atoms. The van der Waals surface area contributed by atoms with Gasteiger partial charge in [0.1, 0.15) is 5.75 Å². The van der Waals surface area contributed by atoms with Gasteiger partial charge >= 0.3 is 0 Å². The van der Waals surface area contributed by atoms with E-state index in [4.69, 9.17) is 4.74 Å². The predicted octanol–water partition coefficient (Wildman–Crippen LogP) is 3.47. The van der Waals surface area contributed by atoms with Crippen LogP contribution in [0, 0.1) is 5.92 Å². The molecule has 1 aromatic carbocycles. The van der Waals surface area contributed by atoms with Crippen molar-refractivity contribution in [1.29, 1.82) is 0 Å². The molecular weight excluding hydrogens is 300 g/mol. The van der Waals surface area contributed by atoms with Crippen molar-refractivity contribution in [3.63, 3.8) is 0 Å². The quantitative estimate of drug-likeness (QED) is 0.638. The number of carbonyl (C=O) groups excluding carboxylic acids is 1. The van der Waals surface area contributed by atoms with Gasteiger partial charge in [0.05, 0.1) is 18.7 Å². The lowest BCUT2D eigenvalue weighted by molar-refractivity contribution is 0.0189. The standard InChI is InChI=1S/C20H22N2O2/c1-3-14-10-13-7-9-22(14)19(11-13)20(23)16-6-8-21-18-5-4-15(24-2)12-17(16)18/h3-6,8,12-14,19H,1,7,9-11H2,2H3/t13-,14+,19-/m1/s1. The van der Waals surface area contributed by atoms with Gasteiger partial charge in [0.15, 0.2) is 5.78 Å². The summed E-state index contributed by atoms with van der Waals surface area (Å²) in [4.78, 5) is 20.0. The summed E-state index contributed by atoms with van der Waals surface area (Å²) in [6.45, 7) is 4.95. The smallest absolute Gasteiger partial charge is 0.180 e. The monoisotopic (exact) mass is 322 g/mol. The maximum absolute atomic E-state index is 13.3. The summed E-state index contributed by atoms with van der Waals surface area (Å²) in [5.74, 6) is 1.58. The lowest BCUT2D eigenvalue weighted by Gasteiger charge is -2.49. The summed E-state index contributed by atoms with van der Waals surface area (Å²) in [5.41, 5.74) is 1.58. The van der Waals surface area contributed by atoms with Crippen LogP contribution >= 0.6 is 0 Å². The first kappa shape index (κ1) is 15.3. The fourth-order valence-electron chi connectivity index (χ4n) is 4.28. The third-order valence-corrected chi connectivity index (χ3v) is 5.54. The minimum atomic E-state index is -0.0442. The molecule has 3 saturated heterocycles. The summed E-state index contributed by atoms with van der Waals surface area (Å²) >= 11 is 0. The van der Waals surface area contributed by atoms with Gasteiger partial charge in [-0.2, -0.15) is 0 Å². The Kier molecular flexibility index (Phi) is 3.85. The largest absolute Gasteiger partial charge is 0.497 e. The fraction of sp³-hybridized carbons (Fsp3) is 0.400. The van der Waals surface area contributed by atoms with Crippen molar-refractivity contribution in [2.75, 3.05) is 13.7 Å². The van der Waals surface area contributed by atoms with Gasteiger partial charge in [-0.25, -0.2) is 0 Å². The van der Waals surface area contributed by atoms with E-state index in [1.54, 1.807) is 13.3 Å². The van der Waals surface area contributed by atoms with Gasteiger partial charge in [0.25, 0.3) is 0 Å². The highest BCUT2D eigenvalue weighted by Gasteiger charge is 2.42. The number of aromatic nitrogens is 1. The third-order valence-electron chi connectivity index (χ3n) is 5.54. The maximum Gasteiger partial charge on any atom is 0.180 e. The van der Waals surface area contributed by atoms with Crippen LogP contribution in [0.5, 0.6) is 5.75 Å². The number of pyridine rings is 1. The minimum Gasteiger partial charge on any atom is -0.497 e. The number of ether oxygens (including phenoxy) is 1. The van der Waals surface area contributed by atoms with E-state index in [0.29, 0.717) is 12.0 Å². The van der Waals surface area contributed by atoms with Crippen LogP contribution < -0.4 is 4.74 Å². The van der Waals surface area contributed by atoms with Crippen LogP contribution in [0.25, 0.3) is 10.9 Å². The van der Waals surface area contributed by atoms with Crippen LogP contribution in [-0.4, -0.2) is 41.4 Å². The Hall–Kier alpha value is -2.20. The first-order valence-corrected chi connectivity index (χ1v) is 8.56. The molecular formula is C20H22N2O2. The zero-order chi connectivity index (χ0) is 16.7. The first-order chi connectivity index (χ1) is 11.7. The number of methoxy groups -OCH3 is 1. The highest BCUT2D eigenvalue weighted by atomic mass is 16.5. The highest BCUT2D eigenvalue weighted by molar-refractivity contribution is 6.10.